The predicted molar refractivity (Wildman–Crippen MR) is 65.1 cm³/mol. The lowest BCUT2D eigenvalue weighted by atomic mass is 10.2. The number of aromatic nitrogens is 2. The van der Waals surface area contributed by atoms with Crippen LogP contribution in [0.3, 0.4) is 0 Å². The lowest BCUT2D eigenvalue weighted by molar-refractivity contribution is 0.280. The normalized spacial score (nSPS) is 10.7. The van der Waals surface area contributed by atoms with Gasteiger partial charge in [-0.1, -0.05) is 0 Å². The lowest BCUT2D eigenvalue weighted by Crippen LogP contribution is -1.94. The van der Waals surface area contributed by atoms with E-state index >= 15 is 0 Å². The van der Waals surface area contributed by atoms with Gasteiger partial charge in [-0.3, -0.25) is 4.68 Å². The van der Waals surface area contributed by atoms with Gasteiger partial charge in [0.15, 0.2) is 5.75 Å². The summed E-state index contributed by atoms with van der Waals surface area (Å²) in [4.78, 5) is 0. The summed E-state index contributed by atoms with van der Waals surface area (Å²) in [6.45, 7) is 3.48. The zero-order valence-corrected chi connectivity index (χ0v) is 10.6. The molecule has 1 heterocycles. The molecule has 0 fully saturated rings. The predicted octanol–water partition coefficient (Wildman–Crippen LogP) is 2.46. The highest BCUT2D eigenvalue weighted by atomic mass is 19.1. The molecule has 1 N–H and O–H groups in total. The number of aliphatic hydroxyl groups excluding tert-OH is 1. The molecule has 1 aromatic heterocycles. The van der Waals surface area contributed by atoms with Crippen molar-refractivity contribution in [2.75, 3.05) is 0 Å². The number of ether oxygens (including phenoxy) is 1. The van der Waals surface area contributed by atoms with Crippen LogP contribution in [-0.4, -0.2) is 14.9 Å². The number of hydrogen-bond donors (Lipinski definition) is 1. The van der Waals surface area contributed by atoms with Crippen molar-refractivity contribution in [3.05, 3.63) is 41.0 Å². The lowest BCUT2D eigenvalue weighted by Gasteiger charge is -2.07. The third-order valence-corrected chi connectivity index (χ3v) is 2.78. The second-order valence-corrected chi connectivity index (χ2v) is 4.18. The second-order valence-electron chi connectivity index (χ2n) is 4.18. The van der Waals surface area contributed by atoms with Crippen LogP contribution in [0.4, 0.5) is 4.39 Å². The van der Waals surface area contributed by atoms with Gasteiger partial charge in [0.05, 0.1) is 12.3 Å². The maximum atomic E-state index is 13.3. The van der Waals surface area contributed by atoms with Crippen LogP contribution in [0.25, 0.3) is 0 Å². The molecule has 0 spiro atoms. The fraction of sp³-hybridized carbons (Fsp3) is 0.308. The summed E-state index contributed by atoms with van der Waals surface area (Å²) in [5.41, 5.74) is 2.08. The molecule has 0 saturated carbocycles. The van der Waals surface area contributed by atoms with E-state index in [4.69, 9.17) is 9.84 Å². The van der Waals surface area contributed by atoms with Crippen molar-refractivity contribution in [1.29, 1.82) is 0 Å². The van der Waals surface area contributed by atoms with E-state index in [1.54, 1.807) is 10.7 Å². The Hall–Kier alpha value is -1.88. The van der Waals surface area contributed by atoms with Crippen molar-refractivity contribution in [3.8, 4) is 11.5 Å². The molecule has 0 amide bonds. The first-order valence-corrected chi connectivity index (χ1v) is 5.59. The fourth-order valence-electron chi connectivity index (χ4n) is 1.79. The SMILES string of the molecule is Cc1nn(C)c(C)c1Oc1cc(F)cc(CO)c1. The number of aryl methyl sites for hydroxylation is 2. The maximum Gasteiger partial charge on any atom is 0.171 e. The van der Waals surface area contributed by atoms with Crippen LogP contribution in [0.2, 0.25) is 0 Å². The summed E-state index contributed by atoms with van der Waals surface area (Å²) in [5, 5.41) is 13.2. The smallest absolute Gasteiger partial charge is 0.171 e. The molecule has 2 rings (SSSR count). The maximum absolute atomic E-state index is 13.3. The van der Waals surface area contributed by atoms with Gasteiger partial charge in [-0.05, 0) is 31.5 Å². The van der Waals surface area contributed by atoms with Gasteiger partial charge in [0.2, 0.25) is 0 Å². The number of nitrogens with zero attached hydrogens (tertiary/aromatic N) is 2. The second kappa shape index (κ2) is 4.78. The molecule has 4 nitrogen and oxygen atoms in total. The van der Waals surface area contributed by atoms with E-state index < -0.39 is 5.82 Å². The van der Waals surface area contributed by atoms with Gasteiger partial charge in [-0.2, -0.15) is 5.10 Å². The molecule has 0 aliphatic rings. The molecule has 5 heteroatoms. The Morgan fingerprint density at radius 2 is 2.06 bits per heavy atom. The van der Waals surface area contributed by atoms with Crippen molar-refractivity contribution in [2.24, 2.45) is 7.05 Å². The molecule has 0 radical (unpaired) electrons. The van der Waals surface area contributed by atoms with E-state index in [-0.39, 0.29) is 6.61 Å². The van der Waals surface area contributed by atoms with Crippen molar-refractivity contribution in [3.63, 3.8) is 0 Å². The largest absolute Gasteiger partial charge is 0.453 e. The minimum atomic E-state index is -0.434. The Morgan fingerprint density at radius 3 is 2.61 bits per heavy atom. The molecule has 0 unspecified atom stereocenters. The van der Waals surface area contributed by atoms with Crippen molar-refractivity contribution in [2.45, 2.75) is 20.5 Å². The Bertz CT molecular complexity index is 579. The molecule has 18 heavy (non-hydrogen) atoms. The Labute approximate surface area is 105 Å². The Balaban J connectivity index is 2.36. The summed E-state index contributed by atoms with van der Waals surface area (Å²) in [5.74, 6) is 0.543. The zero-order chi connectivity index (χ0) is 13.3. The summed E-state index contributed by atoms with van der Waals surface area (Å²) in [6.07, 6.45) is 0. The van der Waals surface area contributed by atoms with Crippen LogP contribution >= 0.6 is 0 Å². The van der Waals surface area contributed by atoms with Crippen LogP contribution in [0, 0.1) is 19.7 Å². The highest BCUT2D eigenvalue weighted by Gasteiger charge is 2.12. The van der Waals surface area contributed by atoms with Gasteiger partial charge in [0.1, 0.15) is 17.3 Å². The minimum Gasteiger partial charge on any atom is -0.453 e. The molecule has 0 atom stereocenters. The van der Waals surface area contributed by atoms with Crippen LogP contribution in [0.1, 0.15) is 17.0 Å². The third-order valence-electron chi connectivity index (χ3n) is 2.78. The van der Waals surface area contributed by atoms with Crippen molar-refractivity contribution >= 4 is 0 Å². The number of rotatable bonds is 3. The first-order chi connectivity index (χ1) is 8.51. The molecular weight excluding hydrogens is 235 g/mol. The van der Waals surface area contributed by atoms with Crippen molar-refractivity contribution in [1.82, 2.24) is 9.78 Å². The van der Waals surface area contributed by atoms with Gasteiger partial charge in [0.25, 0.3) is 0 Å². The quantitative estimate of drug-likeness (QED) is 0.910. The molecule has 96 valence electrons. The number of aliphatic hydroxyl groups is 1. The first kappa shape index (κ1) is 12.6. The van der Waals surface area contributed by atoms with Crippen LogP contribution in [-0.2, 0) is 13.7 Å². The van der Waals surface area contributed by atoms with Gasteiger partial charge in [-0.15, -0.1) is 0 Å². The highest BCUT2D eigenvalue weighted by molar-refractivity contribution is 5.38. The third kappa shape index (κ3) is 2.36. The van der Waals surface area contributed by atoms with E-state index in [0.717, 1.165) is 11.4 Å². The number of benzene rings is 1. The van der Waals surface area contributed by atoms with E-state index in [1.807, 2.05) is 20.9 Å². The average Bonchev–Trinajstić information content (AvgIpc) is 2.55. The summed E-state index contributed by atoms with van der Waals surface area (Å²) in [6, 6.07) is 4.16. The van der Waals surface area contributed by atoms with Gasteiger partial charge in [-0.25, -0.2) is 4.39 Å². The number of hydrogen-bond acceptors (Lipinski definition) is 3. The topological polar surface area (TPSA) is 47.3 Å². The Morgan fingerprint density at radius 1 is 1.33 bits per heavy atom. The first-order valence-electron chi connectivity index (χ1n) is 5.59. The molecular formula is C13H15FN2O2. The minimum absolute atomic E-state index is 0.223. The summed E-state index contributed by atoms with van der Waals surface area (Å²) in [7, 11) is 1.82. The van der Waals surface area contributed by atoms with Gasteiger partial charge in [0, 0.05) is 13.1 Å². The van der Waals surface area contributed by atoms with Crippen LogP contribution in [0.5, 0.6) is 11.5 Å². The van der Waals surface area contributed by atoms with Gasteiger partial charge >= 0.3 is 0 Å². The fourth-order valence-corrected chi connectivity index (χ4v) is 1.79. The number of halogens is 1. The molecule has 2 aromatic rings. The molecule has 1 aromatic carbocycles. The van der Waals surface area contributed by atoms with E-state index in [9.17, 15) is 4.39 Å². The standard InChI is InChI=1S/C13H15FN2O2/c1-8-13(9(2)16(3)15-8)18-12-5-10(7-17)4-11(14)6-12/h4-6,17H,7H2,1-3H3. The molecule has 0 aliphatic carbocycles. The van der Waals surface area contributed by atoms with Crippen LogP contribution in [0.15, 0.2) is 18.2 Å². The van der Waals surface area contributed by atoms with E-state index in [2.05, 4.69) is 5.10 Å². The molecule has 0 aliphatic heterocycles. The average molecular weight is 250 g/mol. The summed E-state index contributed by atoms with van der Waals surface area (Å²) < 4.78 is 20.7. The summed E-state index contributed by atoms with van der Waals surface area (Å²) >= 11 is 0. The Kier molecular flexibility index (Phi) is 3.34. The zero-order valence-electron chi connectivity index (χ0n) is 10.6. The molecule has 0 saturated heterocycles. The van der Waals surface area contributed by atoms with Crippen molar-refractivity contribution < 1.29 is 14.2 Å². The van der Waals surface area contributed by atoms with Crippen LogP contribution < -0.4 is 4.74 Å². The molecule has 0 bridgehead atoms. The van der Waals surface area contributed by atoms with E-state index in [0.29, 0.717) is 17.1 Å². The van der Waals surface area contributed by atoms with E-state index in [1.165, 1.54) is 12.1 Å². The van der Waals surface area contributed by atoms with Gasteiger partial charge < -0.3 is 9.84 Å². The highest BCUT2D eigenvalue weighted by Crippen LogP contribution is 2.29. The monoisotopic (exact) mass is 250 g/mol.